The van der Waals surface area contributed by atoms with Crippen LogP contribution in [0.15, 0.2) is 134 Å². The molecule has 0 radical (unpaired) electrons. The highest BCUT2D eigenvalue weighted by Gasteiger charge is 2.68. The second kappa shape index (κ2) is 7.03. The van der Waals surface area contributed by atoms with E-state index in [9.17, 15) is 0 Å². The van der Waals surface area contributed by atoms with Crippen LogP contribution in [0, 0.1) is 0 Å². The number of nitrogens with zero attached hydrogens (tertiary/aromatic N) is 4. The summed E-state index contributed by atoms with van der Waals surface area (Å²) in [5.41, 5.74) is 7.72. The Balaban J connectivity index is 1.39. The van der Waals surface area contributed by atoms with Gasteiger partial charge in [0.15, 0.2) is 16.6 Å². The molecule has 13 rings (SSSR count). The number of benzene rings is 6. The van der Waals surface area contributed by atoms with Crippen molar-refractivity contribution in [3.63, 3.8) is 0 Å². The molecule has 1 atom stereocenters. The number of hydrogen-bond donors (Lipinski definition) is 0. The number of para-hydroxylation sites is 2. The van der Waals surface area contributed by atoms with Crippen LogP contribution in [0.2, 0.25) is 0 Å². The topological polar surface area (TPSA) is 26.3 Å². The molecule has 10 aromatic rings. The largest absolute Gasteiger partial charge is 0.456 e. The van der Waals surface area contributed by atoms with Crippen LogP contribution in [-0.2, 0) is 5.66 Å². The Morgan fingerprint density at radius 3 is 2.04 bits per heavy atom. The Labute approximate surface area is 260 Å². The molecule has 6 aromatic carbocycles. The molecule has 0 saturated heterocycles. The first-order valence-electron chi connectivity index (χ1n) is 15.9. The average molecular weight is 587 g/mol. The molecule has 0 bridgehead atoms. The van der Waals surface area contributed by atoms with Crippen LogP contribution in [0.5, 0.6) is 11.5 Å². The van der Waals surface area contributed by atoms with Gasteiger partial charge in [0.25, 0.3) is 5.82 Å². The lowest BCUT2D eigenvalue weighted by molar-refractivity contribution is -0.980. The lowest BCUT2D eigenvalue weighted by Gasteiger charge is -2.33. The zero-order chi connectivity index (χ0) is 29.5. The summed E-state index contributed by atoms with van der Waals surface area (Å²) < 4.78 is 17.0. The van der Waals surface area contributed by atoms with Gasteiger partial charge in [-0.1, -0.05) is 54.6 Å². The maximum absolute atomic E-state index is 6.98. The van der Waals surface area contributed by atoms with Gasteiger partial charge in [-0.15, -0.1) is 4.52 Å². The van der Waals surface area contributed by atoms with Gasteiger partial charge in [0.05, 0.1) is 11.6 Å². The molecular formula is C41H22N4O+2. The highest BCUT2D eigenvalue weighted by molar-refractivity contribution is 6.22. The number of fused-ring (bicyclic) bond motifs is 12. The Morgan fingerprint density at radius 1 is 0.522 bits per heavy atom. The van der Waals surface area contributed by atoms with E-state index in [4.69, 9.17) is 4.74 Å². The Bertz CT molecular complexity index is 3130. The summed E-state index contributed by atoms with van der Waals surface area (Å²) in [5, 5.41) is 10.0. The summed E-state index contributed by atoms with van der Waals surface area (Å²) in [4.78, 5) is 0. The molecule has 0 saturated carbocycles. The average Bonchev–Trinajstić information content (AvgIpc) is 3.74. The standard InChI is InChI=1S/C41H22N4O/c1-2-10-24-22-30-29(21-23(24)9-1)27-17-19-34-37-40(27)44-38(30)28-12-4-6-14-32(28)45(44)41(37)36-33(46-34)18-16-26-25-11-3-5-13-31(25)43(39(26)36)35-15-7-8-20-42(35)41/h1-22H/q+2. The van der Waals surface area contributed by atoms with Gasteiger partial charge in [0.1, 0.15) is 28.0 Å². The van der Waals surface area contributed by atoms with E-state index in [1.807, 2.05) is 0 Å². The fraction of sp³-hybridized carbons (Fsp3) is 0.0244. The van der Waals surface area contributed by atoms with Crippen molar-refractivity contribution in [2.75, 3.05) is 0 Å². The minimum atomic E-state index is -0.714. The van der Waals surface area contributed by atoms with E-state index < -0.39 is 5.66 Å². The first-order valence-corrected chi connectivity index (χ1v) is 15.9. The number of aromatic nitrogens is 4. The Kier molecular flexibility index (Phi) is 3.41. The van der Waals surface area contributed by atoms with Gasteiger partial charge in [-0.3, -0.25) is 0 Å². The molecule has 3 aliphatic heterocycles. The minimum absolute atomic E-state index is 0.714. The van der Waals surface area contributed by atoms with Crippen LogP contribution >= 0.6 is 0 Å². The zero-order valence-electron chi connectivity index (χ0n) is 24.4. The molecular weight excluding hydrogens is 564 g/mol. The first kappa shape index (κ1) is 22.3. The minimum Gasteiger partial charge on any atom is -0.456 e. The number of pyridine rings is 2. The molecule has 46 heavy (non-hydrogen) atoms. The van der Waals surface area contributed by atoms with E-state index in [2.05, 4.69) is 152 Å². The van der Waals surface area contributed by atoms with E-state index in [-0.39, 0.29) is 0 Å². The van der Waals surface area contributed by atoms with Gasteiger partial charge in [0.2, 0.25) is 5.52 Å². The molecule has 0 amide bonds. The molecule has 4 aromatic heterocycles. The number of hydrogen-bond acceptors (Lipinski definition) is 1. The van der Waals surface area contributed by atoms with Crippen molar-refractivity contribution in [1.82, 2.24) is 9.08 Å². The summed E-state index contributed by atoms with van der Waals surface area (Å²) in [5.74, 6) is 2.95. The summed E-state index contributed by atoms with van der Waals surface area (Å²) in [7, 11) is 0. The molecule has 5 heteroatoms. The smallest absolute Gasteiger partial charge is 0.398 e. The molecule has 1 unspecified atom stereocenters. The van der Waals surface area contributed by atoms with Crippen molar-refractivity contribution in [3.05, 3.63) is 145 Å². The fourth-order valence-corrected chi connectivity index (χ4v) is 9.45. The number of ether oxygens (including phenoxy) is 1. The fourth-order valence-electron chi connectivity index (χ4n) is 9.45. The van der Waals surface area contributed by atoms with Crippen LogP contribution in [0.3, 0.4) is 0 Å². The highest BCUT2D eigenvalue weighted by Crippen LogP contribution is 2.56. The third-order valence-corrected chi connectivity index (χ3v) is 11.0. The third kappa shape index (κ3) is 2.11. The van der Waals surface area contributed by atoms with Gasteiger partial charge in [-0.2, -0.15) is 9.13 Å². The highest BCUT2D eigenvalue weighted by atomic mass is 16.5. The van der Waals surface area contributed by atoms with E-state index in [0.717, 1.165) is 17.3 Å². The maximum atomic E-state index is 6.98. The number of rotatable bonds is 0. The predicted octanol–water partition coefficient (Wildman–Crippen LogP) is 8.25. The maximum Gasteiger partial charge on any atom is 0.398 e. The first-order chi connectivity index (χ1) is 22.8. The van der Waals surface area contributed by atoms with Crippen molar-refractivity contribution in [2.24, 2.45) is 0 Å². The monoisotopic (exact) mass is 586 g/mol. The van der Waals surface area contributed by atoms with Gasteiger partial charge in [-0.05, 0) is 81.5 Å². The molecule has 210 valence electrons. The second-order valence-corrected chi connectivity index (χ2v) is 13.0. The SMILES string of the molecule is c1cc[n+]2c(c1)-n1c3ccccc3c3ccc4c(c31)C21c2c(ccc3c5cc6ccccc6cc5c5c6ccccc6[n+]1n5c23)O4. The summed E-state index contributed by atoms with van der Waals surface area (Å²) in [6, 6.07) is 46.8. The molecule has 3 aliphatic rings. The lowest BCUT2D eigenvalue weighted by Crippen LogP contribution is -2.76. The quantitative estimate of drug-likeness (QED) is 0.0999. The molecule has 7 heterocycles. The van der Waals surface area contributed by atoms with Crippen LogP contribution in [0.4, 0.5) is 0 Å². The van der Waals surface area contributed by atoms with E-state index in [0.29, 0.717) is 0 Å². The van der Waals surface area contributed by atoms with Gasteiger partial charge in [-0.25, -0.2) is 0 Å². The van der Waals surface area contributed by atoms with E-state index in [1.165, 1.54) is 81.8 Å². The Morgan fingerprint density at radius 2 is 1.20 bits per heavy atom. The Hall–Kier alpha value is -6.20. The third-order valence-electron chi connectivity index (χ3n) is 11.0. The second-order valence-electron chi connectivity index (χ2n) is 13.0. The zero-order valence-corrected chi connectivity index (χ0v) is 24.4. The van der Waals surface area contributed by atoms with Gasteiger partial charge in [0, 0.05) is 33.7 Å². The normalized spacial score (nSPS) is 17.0. The van der Waals surface area contributed by atoms with Crippen molar-refractivity contribution >= 4 is 70.7 Å². The predicted molar refractivity (Wildman–Crippen MR) is 180 cm³/mol. The molecule has 5 nitrogen and oxygen atoms in total. The lowest BCUT2D eigenvalue weighted by atomic mass is 9.83. The van der Waals surface area contributed by atoms with E-state index in [1.54, 1.807) is 0 Å². The van der Waals surface area contributed by atoms with E-state index >= 15 is 0 Å². The summed E-state index contributed by atoms with van der Waals surface area (Å²) >= 11 is 0. The van der Waals surface area contributed by atoms with Crippen molar-refractivity contribution in [2.45, 2.75) is 5.66 Å². The van der Waals surface area contributed by atoms with Gasteiger partial charge >= 0.3 is 5.66 Å². The summed E-state index contributed by atoms with van der Waals surface area (Å²) in [6.45, 7) is 0. The van der Waals surface area contributed by atoms with Gasteiger partial charge < -0.3 is 4.74 Å². The van der Waals surface area contributed by atoms with Crippen LogP contribution in [-0.4, -0.2) is 9.08 Å². The molecule has 0 N–H and O–H groups in total. The van der Waals surface area contributed by atoms with Crippen LogP contribution < -0.4 is 14.0 Å². The van der Waals surface area contributed by atoms with Crippen molar-refractivity contribution in [1.29, 1.82) is 0 Å². The molecule has 1 spiro atoms. The van der Waals surface area contributed by atoms with Crippen molar-refractivity contribution < 1.29 is 14.0 Å². The van der Waals surface area contributed by atoms with Crippen LogP contribution in [0.1, 0.15) is 11.1 Å². The van der Waals surface area contributed by atoms with Crippen molar-refractivity contribution in [3.8, 4) is 17.3 Å². The molecule has 0 fully saturated rings. The summed E-state index contributed by atoms with van der Waals surface area (Å²) in [6.07, 6.45) is 2.27. The molecule has 0 aliphatic carbocycles. The van der Waals surface area contributed by atoms with Crippen LogP contribution in [0.25, 0.3) is 76.5 Å².